The van der Waals surface area contributed by atoms with Crippen LogP contribution in [0.4, 0.5) is 0 Å². The van der Waals surface area contributed by atoms with Gasteiger partial charge in [-0.2, -0.15) is 0 Å². The zero-order valence-corrected chi connectivity index (χ0v) is 8.67. The fourth-order valence-electron chi connectivity index (χ4n) is 2.33. The fraction of sp³-hybridized carbons (Fsp3) is 1.00. The molecular formula is C11H22O2. The number of methoxy groups -OCH3 is 1. The third-order valence-corrected chi connectivity index (χ3v) is 3.13. The Balaban J connectivity index is 2.19. The minimum absolute atomic E-state index is 0.338. The zero-order valence-electron chi connectivity index (χ0n) is 8.67. The third-order valence-electron chi connectivity index (χ3n) is 3.13. The van der Waals surface area contributed by atoms with Gasteiger partial charge in [0.2, 0.25) is 0 Å². The van der Waals surface area contributed by atoms with E-state index in [4.69, 9.17) is 9.84 Å². The van der Waals surface area contributed by atoms with Crippen LogP contribution in [0, 0.1) is 5.92 Å². The van der Waals surface area contributed by atoms with Gasteiger partial charge in [-0.05, 0) is 31.6 Å². The molecule has 13 heavy (non-hydrogen) atoms. The maximum atomic E-state index is 8.69. The molecule has 0 aromatic heterocycles. The monoisotopic (exact) mass is 186 g/mol. The van der Waals surface area contributed by atoms with E-state index in [0.717, 1.165) is 18.8 Å². The van der Waals surface area contributed by atoms with Gasteiger partial charge in [-0.25, -0.2) is 0 Å². The van der Waals surface area contributed by atoms with Crippen LogP contribution < -0.4 is 0 Å². The molecular weight excluding hydrogens is 164 g/mol. The van der Waals surface area contributed by atoms with Gasteiger partial charge in [-0.15, -0.1) is 0 Å². The highest BCUT2D eigenvalue weighted by molar-refractivity contribution is 4.75. The number of ether oxygens (including phenoxy) is 1. The molecule has 1 rings (SSSR count). The van der Waals surface area contributed by atoms with Crippen molar-refractivity contribution in [2.75, 3.05) is 13.7 Å². The quantitative estimate of drug-likeness (QED) is 0.668. The van der Waals surface area contributed by atoms with Gasteiger partial charge in [-0.1, -0.05) is 19.3 Å². The lowest BCUT2D eigenvalue weighted by Crippen LogP contribution is -2.26. The van der Waals surface area contributed by atoms with Gasteiger partial charge >= 0.3 is 0 Å². The number of aliphatic hydroxyl groups excluding tert-OH is 1. The highest BCUT2D eigenvalue weighted by Crippen LogP contribution is 2.30. The van der Waals surface area contributed by atoms with Crippen LogP contribution in [0.15, 0.2) is 0 Å². The number of aliphatic hydroxyl groups is 1. The molecule has 2 unspecified atom stereocenters. The summed E-state index contributed by atoms with van der Waals surface area (Å²) < 4.78 is 5.47. The molecule has 0 bridgehead atoms. The predicted molar refractivity (Wildman–Crippen MR) is 53.7 cm³/mol. The van der Waals surface area contributed by atoms with Crippen molar-refractivity contribution in [3.8, 4) is 0 Å². The second-order valence-electron chi connectivity index (χ2n) is 4.04. The molecule has 1 fully saturated rings. The molecule has 0 saturated heterocycles. The van der Waals surface area contributed by atoms with Crippen molar-refractivity contribution in [1.29, 1.82) is 0 Å². The molecule has 1 N–H and O–H groups in total. The lowest BCUT2D eigenvalue weighted by atomic mass is 9.83. The number of hydrogen-bond acceptors (Lipinski definition) is 2. The van der Waals surface area contributed by atoms with E-state index in [-0.39, 0.29) is 0 Å². The SMILES string of the molecule is COC1CCCCC1CCCCO. The topological polar surface area (TPSA) is 29.5 Å². The first-order valence-corrected chi connectivity index (χ1v) is 5.52. The van der Waals surface area contributed by atoms with Crippen molar-refractivity contribution in [3.63, 3.8) is 0 Å². The van der Waals surface area contributed by atoms with Crippen molar-refractivity contribution in [3.05, 3.63) is 0 Å². The molecule has 0 aromatic rings. The largest absolute Gasteiger partial charge is 0.396 e. The number of hydrogen-bond donors (Lipinski definition) is 1. The zero-order chi connectivity index (χ0) is 9.52. The summed E-state index contributed by atoms with van der Waals surface area (Å²) in [6, 6.07) is 0. The van der Waals surface area contributed by atoms with Gasteiger partial charge in [0.15, 0.2) is 0 Å². The van der Waals surface area contributed by atoms with E-state index in [2.05, 4.69) is 0 Å². The maximum Gasteiger partial charge on any atom is 0.0599 e. The standard InChI is InChI=1S/C11H22O2/c1-13-11-8-3-2-6-10(11)7-4-5-9-12/h10-12H,2-9H2,1H3. The van der Waals surface area contributed by atoms with E-state index in [0.29, 0.717) is 12.7 Å². The average molecular weight is 186 g/mol. The Kier molecular flexibility index (Phi) is 5.40. The molecule has 1 saturated carbocycles. The molecule has 0 amide bonds. The van der Waals surface area contributed by atoms with Crippen LogP contribution in [-0.2, 0) is 4.74 Å². The number of rotatable bonds is 5. The van der Waals surface area contributed by atoms with E-state index < -0.39 is 0 Å². The summed E-state index contributed by atoms with van der Waals surface area (Å²) in [6.45, 7) is 0.338. The Morgan fingerprint density at radius 3 is 2.69 bits per heavy atom. The van der Waals surface area contributed by atoms with Gasteiger partial charge in [0, 0.05) is 13.7 Å². The van der Waals surface area contributed by atoms with Crippen LogP contribution in [0.2, 0.25) is 0 Å². The first-order valence-electron chi connectivity index (χ1n) is 5.52. The van der Waals surface area contributed by atoms with Crippen LogP contribution in [0.5, 0.6) is 0 Å². The van der Waals surface area contributed by atoms with Crippen molar-refractivity contribution in [1.82, 2.24) is 0 Å². The molecule has 78 valence electrons. The van der Waals surface area contributed by atoms with Gasteiger partial charge in [0.05, 0.1) is 6.10 Å². The van der Waals surface area contributed by atoms with Crippen molar-refractivity contribution >= 4 is 0 Å². The van der Waals surface area contributed by atoms with E-state index in [9.17, 15) is 0 Å². The molecule has 0 heterocycles. The summed E-state index contributed by atoms with van der Waals surface area (Å²) >= 11 is 0. The molecule has 0 aromatic carbocycles. The molecule has 0 spiro atoms. The minimum Gasteiger partial charge on any atom is -0.396 e. The Hall–Kier alpha value is -0.0800. The van der Waals surface area contributed by atoms with E-state index in [1.165, 1.54) is 32.1 Å². The second-order valence-corrected chi connectivity index (χ2v) is 4.04. The van der Waals surface area contributed by atoms with Crippen LogP contribution in [0.1, 0.15) is 44.9 Å². The van der Waals surface area contributed by atoms with E-state index in [1.54, 1.807) is 0 Å². The lowest BCUT2D eigenvalue weighted by Gasteiger charge is -2.30. The van der Waals surface area contributed by atoms with Gasteiger partial charge in [0.25, 0.3) is 0 Å². The summed E-state index contributed by atoms with van der Waals surface area (Å²) in [7, 11) is 1.83. The molecule has 1 aliphatic carbocycles. The Bertz CT molecular complexity index is 125. The fourth-order valence-corrected chi connectivity index (χ4v) is 2.33. The first-order chi connectivity index (χ1) is 6.38. The molecule has 2 nitrogen and oxygen atoms in total. The smallest absolute Gasteiger partial charge is 0.0599 e. The second kappa shape index (κ2) is 6.39. The minimum atomic E-state index is 0.338. The summed E-state index contributed by atoms with van der Waals surface area (Å²) in [6.07, 6.45) is 9.09. The lowest BCUT2D eigenvalue weighted by molar-refractivity contribution is 0.0190. The molecule has 1 aliphatic rings. The van der Waals surface area contributed by atoms with Crippen molar-refractivity contribution in [2.45, 2.75) is 51.0 Å². The summed E-state index contributed by atoms with van der Waals surface area (Å²) in [5.74, 6) is 0.755. The normalized spacial score (nSPS) is 29.1. The Morgan fingerprint density at radius 2 is 2.00 bits per heavy atom. The Labute approximate surface area is 81.3 Å². The first kappa shape index (κ1) is 11.0. The molecule has 0 aliphatic heterocycles. The van der Waals surface area contributed by atoms with E-state index in [1.807, 2.05) is 7.11 Å². The summed E-state index contributed by atoms with van der Waals surface area (Å²) in [4.78, 5) is 0. The van der Waals surface area contributed by atoms with Gasteiger partial charge in [-0.3, -0.25) is 0 Å². The van der Waals surface area contributed by atoms with Crippen LogP contribution >= 0.6 is 0 Å². The molecule has 0 radical (unpaired) electrons. The molecule has 2 heteroatoms. The van der Waals surface area contributed by atoms with Crippen LogP contribution in [0.25, 0.3) is 0 Å². The third kappa shape index (κ3) is 3.65. The summed E-state index contributed by atoms with van der Waals surface area (Å²) in [5.41, 5.74) is 0. The predicted octanol–water partition coefficient (Wildman–Crippen LogP) is 2.35. The van der Waals surface area contributed by atoms with Crippen LogP contribution in [-0.4, -0.2) is 24.9 Å². The average Bonchev–Trinajstić information content (AvgIpc) is 2.19. The summed E-state index contributed by atoms with van der Waals surface area (Å²) in [5, 5.41) is 8.69. The van der Waals surface area contributed by atoms with Crippen molar-refractivity contribution in [2.24, 2.45) is 5.92 Å². The Morgan fingerprint density at radius 1 is 1.23 bits per heavy atom. The van der Waals surface area contributed by atoms with Crippen molar-refractivity contribution < 1.29 is 9.84 Å². The van der Waals surface area contributed by atoms with Crippen LogP contribution in [0.3, 0.4) is 0 Å². The maximum absolute atomic E-state index is 8.69. The van der Waals surface area contributed by atoms with Gasteiger partial charge < -0.3 is 9.84 Å². The van der Waals surface area contributed by atoms with Gasteiger partial charge in [0.1, 0.15) is 0 Å². The molecule has 2 atom stereocenters. The van der Waals surface area contributed by atoms with E-state index >= 15 is 0 Å². The highest BCUT2D eigenvalue weighted by Gasteiger charge is 2.23. The number of unbranched alkanes of at least 4 members (excludes halogenated alkanes) is 1. The highest BCUT2D eigenvalue weighted by atomic mass is 16.5.